The molecule has 28 heavy (non-hydrogen) atoms. The molecule has 1 fully saturated rings. The Hall–Kier alpha value is -2.88. The van der Waals surface area contributed by atoms with Crippen LogP contribution in [0.4, 0.5) is 4.39 Å². The van der Waals surface area contributed by atoms with E-state index >= 15 is 0 Å². The van der Waals surface area contributed by atoms with Gasteiger partial charge in [-0.3, -0.25) is 4.79 Å². The summed E-state index contributed by atoms with van der Waals surface area (Å²) in [6.45, 7) is 1.44. The average molecular weight is 377 g/mol. The lowest BCUT2D eigenvalue weighted by molar-refractivity contribution is -0.133. The first kappa shape index (κ1) is 18.5. The zero-order valence-corrected chi connectivity index (χ0v) is 15.8. The van der Waals surface area contributed by atoms with Crippen molar-refractivity contribution in [3.63, 3.8) is 0 Å². The molecular formula is C24H24FNO2. The largest absolute Gasteiger partial charge is 0.484 e. The van der Waals surface area contributed by atoms with Gasteiger partial charge >= 0.3 is 0 Å². The zero-order valence-electron chi connectivity index (χ0n) is 15.8. The smallest absolute Gasteiger partial charge is 0.260 e. The molecule has 0 N–H and O–H groups in total. The second-order valence-electron chi connectivity index (χ2n) is 7.38. The van der Waals surface area contributed by atoms with Gasteiger partial charge < -0.3 is 9.64 Å². The Morgan fingerprint density at radius 3 is 2.61 bits per heavy atom. The van der Waals surface area contributed by atoms with Gasteiger partial charge in [-0.15, -0.1) is 0 Å². The van der Waals surface area contributed by atoms with Crippen molar-refractivity contribution in [3.05, 3.63) is 78.1 Å². The summed E-state index contributed by atoms with van der Waals surface area (Å²) in [5.41, 5.74) is 1.09. The van der Waals surface area contributed by atoms with Crippen LogP contribution in [0.1, 0.15) is 30.7 Å². The minimum absolute atomic E-state index is 0.00201. The van der Waals surface area contributed by atoms with Gasteiger partial charge in [-0.25, -0.2) is 4.39 Å². The molecule has 1 amide bonds. The molecular weight excluding hydrogens is 353 g/mol. The van der Waals surface area contributed by atoms with E-state index in [1.165, 1.54) is 12.1 Å². The molecule has 1 aliphatic heterocycles. The number of hydrogen-bond donors (Lipinski definition) is 0. The van der Waals surface area contributed by atoms with Gasteiger partial charge in [-0.2, -0.15) is 0 Å². The summed E-state index contributed by atoms with van der Waals surface area (Å²) < 4.78 is 19.0. The van der Waals surface area contributed by atoms with E-state index in [1.54, 1.807) is 0 Å². The van der Waals surface area contributed by atoms with Crippen LogP contribution >= 0.6 is 0 Å². The van der Waals surface area contributed by atoms with Crippen molar-refractivity contribution in [1.29, 1.82) is 0 Å². The maximum absolute atomic E-state index is 13.2. The Bertz CT molecular complexity index is 954. The first-order valence-electron chi connectivity index (χ1n) is 9.84. The monoisotopic (exact) mass is 377 g/mol. The number of rotatable bonds is 4. The third-order valence-corrected chi connectivity index (χ3v) is 5.45. The normalized spacial score (nSPS) is 17.3. The summed E-state index contributed by atoms with van der Waals surface area (Å²) in [7, 11) is 0. The molecule has 3 nitrogen and oxygen atoms in total. The van der Waals surface area contributed by atoms with Crippen LogP contribution in [0.25, 0.3) is 10.8 Å². The predicted molar refractivity (Wildman–Crippen MR) is 109 cm³/mol. The third-order valence-electron chi connectivity index (χ3n) is 5.45. The number of amides is 1. The summed E-state index contributed by atoms with van der Waals surface area (Å²) in [5, 5.41) is 2.24. The summed E-state index contributed by atoms with van der Waals surface area (Å²) in [4.78, 5) is 14.7. The highest BCUT2D eigenvalue weighted by molar-refractivity contribution is 5.84. The molecule has 1 saturated heterocycles. The fraction of sp³-hybridized carbons (Fsp3) is 0.292. The number of carbonyl (C=O) groups excluding carboxylic acids is 1. The van der Waals surface area contributed by atoms with Crippen LogP contribution in [0, 0.1) is 5.82 Å². The van der Waals surface area contributed by atoms with Crippen molar-refractivity contribution >= 4 is 16.7 Å². The number of fused-ring (bicyclic) bond motifs is 1. The Morgan fingerprint density at radius 2 is 1.79 bits per heavy atom. The van der Waals surface area contributed by atoms with Gasteiger partial charge in [0, 0.05) is 19.0 Å². The number of carbonyl (C=O) groups is 1. The maximum atomic E-state index is 13.2. The highest BCUT2D eigenvalue weighted by atomic mass is 19.1. The first-order chi connectivity index (χ1) is 13.7. The average Bonchev–Trinajstić information content (AvgIpc) is 2.99. The molecule has 1 heterocycles. The van der Waals surface area contributed by atoms with Crippen molar-refractivity contribution < 1.29 is 13.9 Å². The lowest BCUT2D eigenvalue weighted by atomic mass is 9.94. The Labute approximate surface area is 164 Å². The highest BCUT2D eigenvalue weighted by Gasteiger charge is 2.23. The molecule has 0 bridgehead atoms. The molecule has 0 aliphatic carbocycles. The number of ether oxygens (including phenoxy) is 1. The lowest BCUT2D eigenvalue weighted by Gasteiger charge is -2.25. The molecule has 1 aliphatic rings. The second-order valence-corrected chi connectivity index (χ2v) is 7.38. The van der Waals surface area contributed by atoms with Crippen molar-refractivity contribution in [3.8, 4) is 5.75 Å². The van der Waals surface area contributed by atoms with Crippen LogP contribution in [0.2, 0.25) is 0 Å². The van der Waals surface area contributed by atoms with E-state index in [9.17, 15) is 9.18 Å². The number of hydrogen-bond acceptors (Lipinski definition) is 2. The number of halogens is 1. The topological polar surface area (TPSA) is 29.5 Å². The van der Waals surface area contributed by atoms with Gasteiger partial charge in [0.2, 0.25) is 0 Å². The zero-order chi connectivity index (χ0) is 19.3. The Morgan fingerprint density at radius 1 is 1.00 bits per heavy atom. The fourth-order valence-corrected chi connectivity index (χ4v) is 3.87. The molecule has 1 unspecified atom stereocenters. The molecule has 3 aromatic rings. The summed E-state index contributed by atoms with van der Waals surface area (Å²) in [6, 6.07) is 20.6. The predicted octanol–water partition coefficient (Wildman–Crippen LogP) is 5.15. The van der Waals surface area contributed by atoms with Gasteiger partial charge in [0.25, 0.3) is 5.91 Å². The van der Waals surface area contributed by atoms with E-state index in [1.807, 2.05) is 53.4 Å². The standard InChI is InChI=1S/C24H24FNO2/c25-22-11-8-19(9-12-22)21-7-3-4-14-26(16-21)24(27)17-28-23-13-10-18-5-1-2-6-20(18)15-23/h1-2,5-6,8-13,15,21H,3-4,7,14,16-17H2. The molecule has 0 spiro atoms. The van der Waals surface area contributed by atoms with E-state index in [-0.39, 0.29) is 24.2 Å². The van der Waals surface area contributed by atoms with E-state index < -0.39 is 0 Å². The maximum Gasteiger partial charge on any atom is 0.260 e. The van der Waals surface area contributed by atoms with Crippen molar-refractivity contribution in [2.75, 3.05) is 19.7 Å². The van der Waals surface area contributed by atoms with Gasteiger partial charge in [0.1, 0.15) is 11.6 Å². The van der Waals surface area contributed by atoms with Crippen molar-refractivity contribution in [2.45, 2.75) is 25.2 Å². The van der Waals surface area contributed by atoms with E-state index in [4.69, 9.17) is 4.74 Å². The molecule has 0 aromatic heterocycles. The molecule has 0 saturated carbocycles. The molecule has 4 heteroatoms. The van der Waals surface area contributed by atoms with Gasteiger partial charge in [0.15, 0.2) is 6.61 Å². The Kier molecular flexibility index (Phi) is 5.56. The van der Waals surface area contributed by atoms with Gasteiger partial charge in [0.05, 0.1) is 0 Å². The minimum atomic E-state index is -0.228. The van der Waals surface area contributed by atoms with E-state index in [0.29, 0.717) is 12.3 Å². The second kappa shape index (κ2) is 8.42. The molecule has 1 atom stereocenters. The van der Waals surface area contributed by atoms with Crippen LogP contribution in [0.3, 0.4) is 0 Å². The van der Waals surface area contributed by atoms with E-state index in [0.717, 1.165) is 42.1 Å². The summed E-state index contributed by atoms with van der Waals surface area (Å²) in [6.07, 6.45) is 3.07. The fourth-order valence-electron chi connectivity index (χ4n) is 3.87. The van der Waals surface area contributed by atoms with E-state index in [2.05, 4.69) is 6.07 Å². The quantitative estimate of drug-likeness (QED) is 0.629. The van der Waals surface area contributed by atoms with Gasteiger partial charge in [-0.05, 0) is 53.4 Å². The lowest BCUT2D eigenvalue weighted by Crippen LogP contribution is -2.37. The first-order valence-corrected chi connectivity index (χ1v) is 9.84. The van der Waals surface area contributed by atoms with Crippen LogP contribution < -0.4 is 4.74 Å². The SMILES string of the molecule is O=C(COc1ccc2ccccc2c1)N1CCCCC(c2ccc(F)cc2)C1. The number of likely N-dealkylation sites (tertiary alicyclic amines) is 1. The molecule has 144 valence electrons. The van der Waals surface area contributed by atoms with Crippen LogP contribution in [-0.2, 0) is 4.79 Å². The Balaban J connectivity index is 1.40. The molecule has 4 rings (SSSR count). The summed E-state index contributed by atoms with van der Waals surface area (Å²) >= 11 is 0. The van der Waals surface area contributed by atoms with Gasteiger partial charge in [-0.1, -0.05) is 48.9 Å². The van der Waals surface area contributed by atoms with Crippen LogP contribution in [0.5, 0.6) is 5.75 Å². The minimum Gasteiger partial charge on any atom is -0.484 e. The number of nitrogens with zero attached hydrogens (tertiary/aromatic N) is 1. The summed E-state index contributed by atoms with van der Waals surface area (Å²) in [5.74, 6) is 0.723. The third kappa shape index (κ3) is 4.33. The molecule has 3 aromatic carbocycles. The highest BCUT2D eigenvalue weighted by Crippen LogP contribution is 2.27. The van der Waals surface area contributed by atoms with Crippen LogP contribution in [0.15, 0.2) is 66.7 Å². The van der Waals surface area contributed by atoms with Crippen molar-refractivity contribution in [2.24, 2.45) is 0 Å². The van der Waals surface area contributed by atoms with Crippen LogP contribution in [-0.4, -0.2) is 30.5 Å². The molecule has 0 radical (unpaired) electrons. The number of benzene rings is 3. The van der Waals surface area contributed by atoms with Crippen molar-refractivity contribution in [1.82, 2.24) is 4.90 Å².